The zero-order valence-electron chi connectivity index (χ0n) is 13.8. The normalized spacial score (nSPS) is 20.6. The number of amides is 1. The van der Waals surface area contributed by atoms with Gasteiger partial charge in [0.15, 0.2) is 6.10 Å². The summed E-state index contributed by atoms with van der Waals surface area (Å²) in [6, 6.07) is 15.5. The van der Waals surface area contributed by atoms with Crippen LogP contribution in [0.4, 0.5) is 11.4 Å². The summed E-state index contributed by atoms with van der Waals surface area (Å²) in [6.45, 7) is 4.25. The lowest BCUT2D eigenvalue weighted by atomic mass is 10.2. The minimum Gasteiger partial charge on any atom is -0.477 e. The minimum absolute atomic E-state index is 0.0705. The number of benzene rings is 2. The third kappa shape index (κ3) is 3.57. The number of anilines is 2. The lowest BCUT2D eigenvalue weighted by Crippen LogP contribution is -2.52. The molecule has 130 valence electrons. The van der Waals surface area contributed by atoms with Gasteiger partial charge in [-0.15, -0.1) is 0 Å². The molecule has 1 atom stereocenters. The summed E-state index contributed by atoms with van der Waals surface area (Å²) in [5.74, 6) is 0.672. The van der Waals surface area contributed by atoms with Crippen LogP contribution in [0.25, 0.3) is 0 Å². The molecular formula is C19H20ClN3O2. The Balaban J connectivity index is 1.34. The fourth-order valence-corrected chi connectivity index (χ4v) is 3.41. The van der Waals surface area contributed by atoms with Crippen LogP contribution >= 0.6 is 11.6 Å². The average molecular weight is 358 g/mol. The molecule has 1 fully saturated rings. The van der Waals surface area contributed by atoms with E-state index in [-0.39, 0.29) is 5.91 Å². The van der Waals surface area contributed by atoms with E-state index in [1.807, 2.05) is 48.5 Å². The summed E-state index contributed by atoms with van der Waals surface area (Å²) in [5, 5.41) is 3.68. The third-order valence-corrected chi connectivity index (χ3v) is 4.95. The van der Waals surface area contributed by atoms with E-state index in [1.165, 1.54) is 5.69 Å². The van der Waals surface area contributed by atoms with Crippen LogP contribution in [0.15, 0.2) is 48.5 Å². The molecule has 2 aliphatic rings. The molecule has 0 spiro atoms. The maximum atomic E-state index is 12.3. The van der Waals surface area contributed by atoms with Crippen molar-refractivity contribution < 1.29 is 9.53 Å². The quantitative estimate of drug-likeness (QED) is 0.917. The van der Waals surface area contributed by atoms with Gasteiger partial charge in [0.1, 0.15) is 5.75 Å². The maximum Gasteiger partial charge on any atom is 0.266 e. The first-order valence-corrected chi connectivity index (χ1v) is 8.86. The summed E-state index contributed by atoms with van der Waals surface area (Å²) in [4.78, 5) is 16.9. The van der Waals surface area contributed by atoms with E-state index in [4.69, 9.17) is 16.3 Å². The van der Waals surface area contributed by atoms with Crippen molar-refractivity contribution in [3.63, 3.8) is 0 Å². The second-order valence-electron chi connectivity index (χ2n) is 6.36. The van der Waals surface area contributed by atoms with Crippen molar-refractivity contribution >= 4 is 28.9 Å². The molecule has 0 bridgehead atoms. The first-order chi connectivity index (χ1) is 12.2. The van der Waals surface area contributed by atoms with Gasteiger partial charge in [-0.3, -0.25) is 9.69 Å². The third-order valence-electron chi connectivity index (χ3n) is 4.69. The van der Waals surface area contributed by atoms with Gasteiger partial charge >= 0.3 is 0 Å². The molecule has 0 aliphatic carbocycles. The first kappa shape index (κ1) is 16.2. The monoisotopic (exact) mass is 357 g/mol. The van der Waals surface area contributed by atoms with Gasteiger partial charge in [0.2, 0.25) is 0 Å². The molecule has 0 aromatic heterocycles. The van der Waals surface area contributed by atoms with Crippen LogP contribution < -0.4 is 15.0 Å². The summed E-state index contributed by atoms with van der Waals surface area (Å²) in [7, 11) is 0. The van der Waals surface area contributed by atoms with Gasteiger partial charge in [-0.1, -0.05) is 23.7 Å². The van der Waals surface area contributed by atoms with Gasteiger partial charge < -0.3 is 15.0 Å². The molecule has 2 aliphatic heterocycles. The van der Waals surface area contributed by atoms with Gasteiger partial charge in [0.25, 0.3) is 5.91 Å². The van der Waals surface area contributed by atoms with E-state index in [9.17, 15) is 4.79 Å². The van der Waals surface area contributed by atoms with Crippen LogP contribution in [0, 0.1) is 0 Å². The summed E-state index contributed by atoms with van der Waals surface area (Å²) in [6.07, 6.45) is -0.461. The van der Waals surface area contributed by atoms with Crippen LogP contribution in [0.3, 0.4) is 0 Å². The van der Waals surface area contributed by atoms with E-state index in [2.05, 4.69) is 15.1 Å². The number of carbonyl (C=O) groups is 1. The highest BCUT2D eigenvalue weighted by molar-refractivity contribution is 6.30. The van der Waals surface area contributed by atoms with Crippen LogP contribution in [0.5, 0.6) is 5.75 Å². The zero-order chi connectivity index (χ0) is 17.2. The van der Waals surface area contributed by atoms with E-state index in [0.29, 0.717) is 6.54 Å². The fraction of sp³-hybridized carbons (Fsp3) is 0.316. The van der Waals surface area contributed by atoms with Crippen molar-refractivity contribution in [3.8, 4) is 5.75 Å². The molecule has 25 heavy (non-hydrogen) atoms. The molecule has 1 N–H and O–H groups in total. The van der Waals surface area contributed by atoms with E-state index >= 15 is 0 Å². The lowest BCUT2D eigenvalue weighted by Gasteiger charge is -2.38. The predicted molar refractivity (Wildman–Crippen MR) is 99.6 cm³/mol. The van der Waals surface area contributed by atoms with Crippen molar-refractivity contribution in [1.82, 2.24) is 4.90 Å². The van der Waals surface area contributed by atoms with Gasteiger partial charge in [-0.2, -0.15) is 0 Å². The fourth-order valence-electron chi connectivity index (χ4n) is 3.29. The Labute approximate surface area is 152 Å². The molecular weight excluding hydrogens is 338 g/mol. The Kier molecular flexibility index (Phi) is 4.51. The smallest absolute Gasteiger partial charge is 0.266 e. The molecule has 2 heterocycles. The highest BCUT2D eigenvalue weighted by Gasteiger charge is 2.30. The van der Waals surface area contributed by atoms with Crippen LogP contribution in [0.2, 0.25) is 5.02 Å². The topological polar surface area (TPSA) is 44.8 Å². The number of hydrogen-bond acceptors (Lipinski definition) is 4. The molecule has 1 unspecified atom stereocenters. The summed E-state index contributed by atoms with van der Waals surface area (Å²) in [5.41, 5.74) is 1.93. The number of ether oxygens (including phenoxy) is 1. The minimum atomic E-state index is -0.461. The van der Waals surface area contributed by atoms with Crippen LogP contribution in [-0.2, 0) is 4.79 Å². The molecule has 0 saturated carbocycles. The molecule has 1 saturated heterocycles. The predicted octanol–water partition coefficient (Wildman–Crippen LogP) is 2.86. The first-order valence-electron chi connectivity index (χ1n) is 8.48. The largest absolute Gasteiger partial charge is 0.477 e. The highest BCUT2D eigenvalue weighted by atomic mass is 35.5. The zero-order valence-corrected chi connectivity index (χ0v) is 14.6. The van der Waals surface area contributed by atoms with Crippen molar-refractivity contribution in [2.75, 3.05) is 42.9 Å². The van der Waals surface area contributed by atoms with E-state index in [0.717, 1.165) is 42.6 Å². The Hall–Kier alpha value is -2.24. The number of halogens is 1. The Morgan fingerprint density at radius 2 is 1.76 bits per heavy atom. The van der Waals surface area contributed by atoms with Crippen LogP contribution in [-0.4, -0.2) is 49.6 Å². The lowest BCUT2D eigenvalue weighted by molar-refractivity contribution is -0.124. The van der Waals surface area contributed by atoms with E-state index < -0.39 is 6.10 Å². The van der Waals surface area contributed by atoms with Gasteiger partial charge in [-0.25, -0.2) is 0 Å². The second-order valence-corrected chi connectivity index (χ2v) is 6.79. The van der Waals surface area contributed by atoms with Crippen molar-refractivity contribution in [2.45, 2.75) is 6.10 Å². The van der Waals surface area contributed by atoms with Crippen LogP contribution in [0.1, 0.15) is 0 Å². The number of piperazine rings is 1. The number of carbonyl (C=O) groups excluding carboxylic acids is 1. The molecule has 4 rings (SSSR count). The SMILES string of the molecule is O=C1Nc2ccccc2OC1CN1CCN(c2ccc(Cl)cc2)CC1. The average Bonchev–Trinajstić information content (AvgIpc) is 2.64. The molecule has 2 aromatic carbocycles. The second kappa shape index (κ2) is 6.94. The standard InChI is InChI=1S/C19H20ClN3O2/c20-14-5-7-15(8-6-14)23-11-9-22(10-12-23)13-18-19(24)21-16-3-1-2-4-17(16)25-18/h1-8,18H,9-13H2,(H,21,24). The van der Waals surface area contributed by atoms with Gasteiger partial charge in [0.05, 0.1) is 5.69 Å². The molecule has 2 aromatic rings. The highest BCUT2D eigenvalue weighted by Crippen LogP contribution is 2.29. The molecule has 1 amide bonds. The number of para-hydroxylation sites is 2. The number of fused-ring (bicyclic) bond motifs is 1. The number of nitrogens with one attached hydrogen (secondary N) is 1. The van der Waals surface area contributed by atoms with Gasteiger partial charge in [-0.05, 0) is 36.4 Å². The maximum absolute atomic E-state index is 12.3. The number of rotatable bonds is 3. The number of hydrogen-bond donors (Lipinski definition) is 1. The van der Waals surface area contributed by atoms with Crippen molar-refractivity contribution in [3.05, 3.63) is 53.6 Å². The Morgan fingerprint density at radius 3 is 2.52 bits per heavy atom. The molecule has 0 radical (unpaired) electrons. The summed E-state index contributed by atoms with van der Waals surface area (Å²) < 4.78 is 5.89. The van der Waals surface area contributed by atoms with Gasteiger partial charge in [0, 0.05) is 43.4 Å². The Bertz CT molecular complexity index is 758. The van der Waals surface area contributed by atoms with Crippen molar-refractivity contribution in [1.29, 1.82) is 0 Å². The number of nitrogens with zero attached hydrogens (tertiary/aromatic N) is 2. The van der Waals surface area contributed by atoms with Crippen molar-refractivity contribution in [2.24, 2.45) is 0 Å². The molecule has 5 nitrogen and oxygen atoms in total. The Morgan fingerprint density at radius 1 is 1.04 bits per heavy atom. The molecule has 6 heteroatoms. The summed E-state index contributed by atoms with van der Waals surface area (Å²) >= 11 is 5.95. The van der Waals surface area contributed by atoms with E-state index in [1.54, 1.807) is 0 Å².